The summed E-state index contributed by atoms with van der Waals surface area (Å²) in [6.07, 6.45) is 2.63. The number of likely N-dealkylation sites (tertiary alicyclic amines) is 1. The van der Waals surface area contributed by atoms with Crippen LogP contribution in [0.15, 0.2) is 0 Å². The van der Waals surface area contributed by atoms with Crippen LogP contribution in [0.2, 0.25) is 0 Å². The minimum absolute atomic E-state index is 0.0125. The largest absolute Gasteiger partial charge is 0.468 e. The van der Waals surface area contributed by atoms with Crippen molar-refractivity contribution in [2.75, 3.05) is 33.3 Å². The Bertz CT molecular complexity index is 597. The summed E-state index contributed by atoms with van der Waals surface area (Å²) in [6.45, 7) is 7.01. The van der Waals surface area contributed by atoms with E-state index < -0.39 is 17.6 Å². The number of piperidine rings is 1. The molecule has 0 aromatic heterocycles. The summed E-state index contributed by atoms with van der Waals surface area (Å²) in [5, 5.41) is 5.24. The molecule has 0 radical (unpaired) electrons. The molecule has 30 heavy (non-hydrogen) atoms. The molecular formula is C20H36N4O6. The number of carbonyl (C=O) groups is 4. The molecule has 0 spiro atoms. The van der Waals surface area contributed by atoms with Gasteiger partial charge in [0.2, 0.25) is 11.8 Å². The van der Waals surface area contributed by atoms with Crippen molar-refractivity contribution in [3.8, 4) is 0 Å². The number of rotatable bonds is 9. The molecule has 1 aliphatic heterocycles. The van der Waals surface area contributed by atoms with Crippen LogP contribution in [0.1, 0.15) is 52.9 Å². The Morgan fingerprint density at radius 1 is 1.07 bits per heavy atom. The summed E-state index contributed by atoms with van der Waals surface area (Å²) < 4.78 is 9.85. The summed E-state index contributed by atoms with van der Waals surface area (Å²) >= 11 is 0. The van der Waals surface area contributed by atoms with Gasteiger partial charge in [-0.3, -0.25) is 14.4 Å². The monoisotopic (exact) mass is 428 g/mol. The van der Waals surface area contributed by atoms with Gasteiger partial charge >= 0.3 is 12.1 Å². The molecule has 1 atom stereocenters. The SMILES string of the molecule is COC(=O)C(N)CNC(=O)CCNC(=O)CCC1CCN(C(=O)OC(C)(C)C)CC1. The standard InChI is InChI=1S/C20H36N4O6/c1-20(2,3)30-19(28)24-11-8-14(9-12-24)5-6-16(25)22-10-7-17(26)23-13-15(21)18(27)29-4/h14-15H,5-13,21H2,1-4H3,(H,22,25)(H,23,26). The van der Waals surface area contributed by atoms with Gasteiger partial charge in [0.15, 0.2) is 0 Å². The van der Waals surface area contributed by atoms with Crippen LogP contribution in [0.25, 0.3) is 0 Å². The lowest BCUT2D eigenvalue weighted by Gasteiger charge is -2.33. The van der Waals surface area contributed by atoms with Crippen molar-refractivity contribution in [1.82, 2.24) is 15.5 Å². The number of nitrogens with zero attached hydrogens (tertiary/aromatic N) is 1. The number of esters is 1. The fraction of sp³-hybridized carbons (Fsp3) is 0.800. The van der Waals surface area contributed by atoms with E-state index in [9.17, 15) is 19.2 Å². The van der Waals surface area contributed by atoms with Crippen LogP contribution in [0, 0.1) is 5.92 Å². The maximum Gasteiger partial charge on any atom is 0.410 e. The van der Waals surface area contributed by atoms with E-state index in [4.69, 9.17) is 10.5 Å². The molecular weight excluding hydrogens is 392 g/mol. The van der Waals surface area contributed by atoms with E-state index in [0.29, 0.717) is 25.4 Å². The van der Waals surface area contributed by atoms with Crippen molar-refractivity contribution in [3.05, 3.63) is 0 Å². The summed E-state index contributed by atoms with van der Waals surface area (Å²) in [4.78, 5) is 48.6. The van der Waals surface area contributed by atoms with Gasteiger partial charge < -0.3 is 30.7 Å². The van der Waals surface area contributed by atoms with Crippen molar-refractivity contribution in [1.29, 1.82) is 0 Å². The Labute approximate surface area is 178 Å². The van der Waals surface area contributed by atoms with Gasteiger partial charge in [-0.15, -0.1) is 0 Å². The van der Waals surface area contributed by atoms with Gasteiger partial charge in [0.1, 0.15) is 11.6 Å². The number of carbonyl (C=O) groups excluding carboxylic acids is 4. The van der Waals surface area contributed by atoms with Gasteiger partial charge in [0, 0.05) is 39.0 Å². The van der Waals surface area contributed by atoms with E-state index >= 15 is 0 Å². The first-order valence-electron chi connectivity index (χ1n) is 10.4. The molecule has 1 aliphatic rings. The van der Waals surface area contributed by atoms with E-state index in [1.807, 2.05) is 20.8 Å². The highest BCUT2D eigenvalue weighted by Crippen LogP contribution is 2.23. The zero-order valence-electron chi connectivity index (χ0n) is 18.5. The predicted octanol–water partition coefficient (Wildman–Crippen LogP) is 0.537. The third-order valence-corrected chi connectivity index (χ3v) is 4.74. The first-order chi connectivity index (χ1) is 14.0. The van der Waals surface area contributed by atoms with Crippen LogP contribution in [-0.2, 0) is 23.9 Å². The molecule has 1 fully saturated rings. The highest BCUT2D eigenvalue weighted by molar-refractivity contribution is 5.80. The highest BCUT2D eigenvalue weighted by Gasteiger charge is 2.27. The Balaban J connectivity index is 2.14. The van der Waals surface area contributed by atoms with Crippen LogP contribution in [0.3, 0.4) is 0 Å². The fourth-order valence-electron chi connectivity index (χ4n) is 3.02. The molecule has 1 rings (SSSR count). The Hall–Kier alpha value is -2.36. The Morgan fingerprint density at radius 3 is 2.23 bits per heavy atom. The lowest BCUT2D eigenvalue weighted by atomic mass is 9.92. The Kier molecular flexibility index (Phi) is 10.6. The van der Waals surface area contributed by atoms with Crippen LogP contribution in [0.4, 0.5) is 4.79 Å². The van der Waals surface area contributed by atoms with Crippen LogP contribution in [-0.4, -0.2) is 73.7 Å². The van der Waals surface area contributed by atoms with E-state index in [-0.39, 0.29) is 37.4 Å². The third kappa shape index (κ3) is 10.4. The number of nitrogens with one attached hydrogen (secondary N) is 2. The quantitative estimate of drug-likeness (QED) is 0.455. The lowest BCUT2D eigenvalue weighted by molar-refractivity contribution is -0.142. The topological polar surface area (TPSA) is 140 Å². The number of methoxy groups -OCH3 is 1. The predicted molar refractivity (Wildman–Crippen MR) is 110 cm³/mol. The van der Waals surface area contributed by atoms with Gasteiger partial charge in [0.05, 0.1) is 7.11 Å². The van der Waals surface area contributed by atoms with Crippen LogP contribution in [0.5, 0.6) is 0 Å². The number of ether oxygens (including phenoxy) is 2. The second-order valence-electron chi connectivity index (χ2n) is 8.48. The zero-order chi connectivity index (χ0) is 22.7. The van der Waals surface area contributed by atoms with Gasteiger partial charge in [-0.1, -0.05) is 0 Å². The minimum atomic E-state index is -0.907. The molecule has 10 nitrogen and oxygen atoms in total. The van der Waals surface area contributed by atoms with E-state index in [1.54, 1.807) is 4.90 Å². The molecule has 0 aromatic rings. The van der Waals surface area contributed by atoms with Gasteiger partial charge in [-0.05, 0) is 46.0 Å². The molecule has 0 saturated carbocycles. The molecule has 1 unspecified atom stereocenters. The second kappa shape index (κ2) is 12.4. The van der Waals surface area contributed by atoms with Crippen molar-refractivity contribution in [2.24, 2.45) is 11.7 Å². The molecule has 0 aliphatic carbocycles. The van der Waals surface area contributed by atoms with Gasteiger partial charge in [-0.2, -0.15) is 0 Å². The fourth-order valence-corrected chi connectivity index (χ4v) is 3.02. The maximum absolute atomic E-state index is 12.1. The summed E-state index contributed by atoms with van der Waals surface area (Å²) in [7, 11) is 1.23. The molecule has 0 bridgehead atoms. The number of hydrogen-bond acceptors (Lipinski definition) is 7. The van der Waals surface area contributed by atoms with Crippen molar-refractivity contribution in [3.63, 3.8) is 0 Å². The Morgan fingerprint density at radius 2 is 1.67 bits per heavy atom. The minimum Gasteiger partial charge on any atom is -0.468 e. The van der Waals surface area contributed by atoms with E-state index in [1.165, 1.54) is 7.11 Å². The number of amides is 3. The molecule has 1 saturated heterocycles. The maximum atomic E-state index is 12.1. The molecule has 172 valence electrons. The van der Waals surface area contributed by atoms with Crippen LogP contribution >= 0.6 is 0 Å². The van der Waals surface area contributed by atoms with Crippen molar-refractivity contribution < 1.29 is 28.7 Å². The average Bonchev–Trinajstić information content (AvgIpc) is 2.68. The van der Waals surface area contributed by atoms with E-state index in [0.717, 1.165) is 19.3 Å². The first kappa shape index (κ1) is 25.7. The zero-order valence-corrected chi connectivity index (χ0v) is 18.5. The second-order valence-corrected chi connectivity index (χ2v) is 8.48. The highest BCUT2D eigenvalue weighted by atomic mass is 16.6. The number of hydrogen-bond donors (Lipinski definition) is 3. The molecule has 1 heterocycles. The van der Waals surface area contributed by atoms with Gasteiger partial charge in [-0.25, -0.2) is 4.79 Å². The smallest absolute Gasteiger partial charge is 0.410 e. The third-order valence-electron chi connectivity index (χ3n) is 4.74. The molecule has 0 aromatic carbocycles. The van der Waals surface area contributed by atoms with E-state index in [2.05, 4.69) is 15.4 Å². The summed E-state index contributed by atoms with van der Waals surface area (Å²) in [6, 6.07) is -0.907. The van der Waals surface area contributed by atoms with Crippen LogP contribution < -0.4 is 16.4 Å². The molecule has 10 heteroatoms. The molecule has 3 amide bonds. The first-order valence-corrected chi connectivity index (χ1v) is 10.4. The lowest BCUT2D eigenvalue weighted by Crippen LogP contribution is -2.43. The van der Waals surface area contributed by atoms with Gasteiger partial charge in [0.25, 0.3) is 0 Å². The number of nitrogens with two attached hydrogens (primary N) is 1. The van der Waals surface area contributed by atoms with Crippen molar-refractivity contribution in [2.45, 2.75) is 64.5 Å². The normalized spacial score (nSPS) is 15.8. The average molecular weight is 429 g/mol. The molecule has 4 N–H and O–H groups in total. The van der Waals surface area contributed by atoms with Crippen molar-refractivity contribution >= 4 is 23.9 Å². The summed E-state index contributed by atoms with van der Waals surface area (Å²) in [5.74, 6) is -0.620. The summed E-state index contributed by atoms with van der Waals surface area (Å²) in [5.41, 5.74) is 5.02.